The van der Waals surface area contributed by atoms with Crippen LogP contribution in [0.15, 0.2) is 22.8 Å². The maximum atomic E-state index is 4.59. The number of aromatic nitrogens is 1. The first-order valence-electron chi connectivity index (χ1n) is 8.41. The van der Waals surface area contributed by atoms with Crippen LogP contribution in [0, 0.1) is 23.7 Å². The molecule has 0 spiro atoms. The average molecular weight is 353 g/mol. The van der Waals surface area contributed by atoms with Gasteiger partial charge in [-0.1, -0.05) is 20.8 Å². The number of hydrogen-bond donors (Lipinski definition) is 1. The molecule has 0 radical (unpaired) electrons. The van der Waals surface area contributed by atoms with Crippen molar-refractivity contribution in [3.8, 4) is 0 Å². The van der Waals surface area contributed by atoms with Gasteiger partial charge in [0.15, 0.2) is 0 Å². The average Bonchev–Trinajstić information content (AvgIpc) is 2.48. The van der Waals surface area contributed by atoms with Crippen molar-refractivity contribution in [3.05, 3.63) is 28.5 Å². The summed E-state index contributed by atoms with van der Waals surface area (Å²) < 4.78 is 1.07. The van der Waals surface area contributed by atoms with E-state index in [9.17, 15) is 0 Å². The van der Waals surface area contributed by atoms with Gasteiger partial charge in [-0.15, -0.1) is 0 Å². The van der Waals surface area contributed by atoms with Crippen LogP contribution in [0.1, 0.15) is 45.7 Å². The van der Waals surface area contributed by atoms with E-state index in [1.54, 1.807) is 0 Å². The predicted octanol–water partition coefficient (Wildman–Crippen LogP) is 4.68. The summed E-state index contributed by atoms with van der Waals surface area (Å²) in [5.74, 6) is 3.29. The Bertz CT molecular complexity index is 416. The zero-order valence-electron chi connectivity index (χ0n) is 13.6. The number of pyridine rings is 1. The summed E-state index contributed by atoms with van der Waals surface area (Å²) in [4.78, 5) is 4.59. The largest absolute Gasteiger partial charge is 0.317 e. The standard InChI is InChI=1S/C18H29BrN2/c1-4-20-11-15-6-5-14(13(2)3)9-16(15)10-18-8-7-17(19)12-21-18/h7-8,12-16,20H,4-6,9-11H2,1-3H3. The van der Waals surface area contributed by atoms with E-state index >= 15 is 0 Å². The van der Waals surface area contributed by atoms with Crippen molar-refractivity contribution in [2.24, 2.45) is 23.7 Å². The molecule has 1 aliphatic carbocycles. The molecule has 3 unspecified atom stereocenters. The van der Waals surface area contributed by atoms with Crippen LogP contribution in [0.3, 0.4) is 0 Å². The normalized spacial score (nSPS) is 26.2. The molecule has 1 heterocycles. The topological polar surface area (TPSA) is 24.9 Å². The molecule has 3 heteroatoms. The highest BCUT2D eigenvalue weighted by atomic mass is 79.9. The lowest BCUT2D eigenvalue weighted by atomic mass is 9.69. The summed E-state index contributed by atoms with van der Waals surface area (Å²) in [6, 6.07) is 4.29. The molecule has 0 amide bonds. The monoisotopic (exact) mass is 352 g/mol. The van der Waals surface area contributed by atoms with E-state index < -0.39 is 0 Å². The molecule has 2 nitrogen and oxygen atoms in total. The SMILES string of the molecule is CCNCC1CCC(C(C)C)CC1Cc1ccc(Br)cn1. The fourth-order valence-corrected chi connectivity index (χ4v) is 3.85. The summed E-state index contributed by atoms with van der Waals surface area (Å²) in [7, 11) is 0. The van der Waals surface area contributed by atoms with E-state index in [1.807, 2.05) is 6.20 Å². The first kappa shape index (κ1) is 17.0. The van der Waals surface area contributed by atoms with Gasteiger partial charge in [-0.3, -0.25) is 4.98 Å². The summed E-state index contributed by atoms with van der Waals surface area (Å²) in [6.45, 7) is 9.20. The smallest absolute Gasteiger partial charge is 0.0413 e. The Balaban J connectivity index is 2.03. The maximum Gasteiger partial charge on any atom is 0.0413 e. The Kier molecular flexibility index (Phi) is 6.69. The first-order valence-corrected chi connectivity index (χ1v) is 9.20. The van der Waals surface area contributed by atoms with E-state index in [-0.39, 0.29) is 0 Å². The fraction of sp³-hybridized carbons (Fsp3) is 0.722. The summed E-state index contributed by atoms with van der Waals surface area (Å²) >= 11 is 3.47. The molecule has 0 bridgehead atoms. The number of rotatable bonds is 6. The van der Waals surface area contributed by atoms with Crippen LogP contribution in [-0.2, 0) is 6.42 Å². The molecule has 1 aromatic rings. The second-order valence-corrected chi connectivity index (χ2v) is 7.73. The Labute approximate surface area is 138 Å². The van der Waals surface area contributed by atoms with Crippen molar-refractivity contribution in [2.45, 2.75) is 46.5 Å². The molecule has 0 aromatic carbocycles. The van der Waals surface area contributed by atoms with Gasteiger partial charge in [-0.05, 0) is 90.5 Å². The maximum absolute atomic E-state index is 4.59. The Hall–Kier alpha value is -0.410. The van der Waals surface area contributed by atoms with Crippen molar-refractivity contribution in [1.82, 2.24) is 10.3 Å². The minimum atomic E-state index is 0.777. The minimum absolute atomic E-state index is 0.777. The Morgan fingerprint density at radius 2 is 2.10 bits per heavy atom. The molecule has 2 rings (SSSR count). The van der Waals surface area contributed by atoms with Gasteiger partial charge in [0.05, 0.1) is 0 Å². The Morgan fingerprint density at radius 1 is 1.29 bits per heavy atom. The van der Waals surface area contributed by atoms with Gasteiger partial charge in [-0.2, -0.15) is 0 Å². The van der Waals surface area contributed by atoms with Gasteiger partial charge in [-0.25, -0.2) is 0 Å². The molecule has 3 atom stereocenters. The van der Waals surface area contributed by atoms with E-state index in [0.717, 1.165) is 41.1 Å². The summed E-state index contributed by atoms with van der Waals surface area (Å²) in [6.07, 6.45) is 7.20. The second-order valence-electron chi connectivity index (χ2n) is 6.82. The molecule has 1 saturated carbocycles. The van der Waals surface area contributed by atoms with Gasteiger partial charge in [0.1, 0.15) is 0 Å². The highest BCUT2D eigenvalue weighted by Gasteiger charge is 2.31. The van der Waals surface area contributed by atoms with Gasteiger partial charge in [0.25, 0.3) is 0 Å². The lowest BCUT2D eigenvalue weighted by molar-refractivity contribution is 0.144. The quantitative estimate of drug-likeness (QED) is 0.803. The van der Waals surface area contributed by atoms with Gasteiger partial charge >= 0.3 is 0 Å². The van der Waals surface area contributed by atoms with Crippen LogP contribution >= 0.6 is 15.9 Å². The highest BCUT2D eigenvalue weighted by Crippen LogP contribution is 2.38. The third-order valence-corrected chi connectivity index (χ3v) is 5.51. The minimum Gasteiger partial charge on any atom is -0.317 e. The first-order chi connectivity index (χ1) is 10.1. The van der Waals surface area contributed by atoms with Gasteiger partial charge < -0.3 is 5.32 Å². The molecule has 1 aromatic heterocycles. The van der Waals surface area contributed by atoms with Crippen molar-refractivity contribution >= 4 is 15.9 Å². The molecular weight excluding hydrogens is 324 g/mol. The number of nitrogens with zero attached hydrogens (tertiary/aromatic N) is 1. The van der Waals surface area contributed by atoms with Crippen LogP contribution in [0.2, 0.25) is 0 Å². The fourth-order valence-electron chi connectivity index (χ4n) is 3.61. The highest BCUT2D eigenvalue weighted by molar-refractivity contribution is 9.10. The van der Waals surface area contributed by atoms with Crippen molar-refractivity contribution in [2.75, 3.05) is 13.1 Å². The zero-order chi connectivity index (χ0) is 15.2. The number of hydrogen-bond acceptors (Lipinski definition) is 2. The molecule has 0 saturated heterocycles. The molecule has 1 aliphatic rings. The van der Waals surface area contributed by atoms with E-state index in [0.29, 0.717) is 0 Å². The summed E-state index contributed by atoms with van der Waals surface area (Å²) in [5.41, 5.74) is 1.24. The van der Waals surface area contributed by atoms with Crippen molar-refractivity contribution in [3.63, 3.8) is 0 Å². The predicted molar refractivity (Wildman–Crippen MR) is 93.3 cm³/mol. The van der Waals surface area contributed by atoms with E-state index in [4.69, 9.17) is 0 Å². The molecule has 21 heavy (non-hydrogen) atoms. The second kappa shape index (κ2) is 8.28. The van der Waals surface area contributed by atoms with Crippen LogP contribution in [0.25, 0.3) is 0 Å². The van der Waals surface area contributed by atoms with Gasteiger partial charge in [0.2, 0.25) is 0 Å². The van der Waals surface area contributed by atoms with Crippen LogP contribution < -0.4 is 5.32 Å². The van der Waals surface area contributed by atoms with Crippen LogP contribution in [0.5, 0.6) is 0 Å². The van der Waals surface area contributed by atoms with Crippen LogP contribution in [-0.4, -0.2) is 18.1 Å². The lowest BCUT2D eigenvalue weighted by Crippen LogP contribution is -2.35. The molecular formula is C18H29BrN2. The van der Waals surface area contributed by atoms with Crippen molar-refractivity contribution in [1.29, 1.82) is 0 Å². The molecule has 0 aliphatic heterocycles. The zero-order valence-corrected chi connectivity index (χ0v) is 15.2. The van der Waals surface area contributed by atoms with Crippen LogP contribution in [0.4, 0.5) is 0 Å². The third-order valence-electron chi connectivity index (χ3n) is 5.04. The molecule has 1 N–H and O–H groups in total. The number of nitrogens with one attached hydrogen (secondary N) is 1. The van der Waals surface area contributed by atoms with Crippen molar-refractivity contribution < 1.29 is 0 Å². The third kappa shape index (κ3) is 5.07. The number of halogens is 1. The Morgan fingerprint density at radius 3 is 2.71 bits per heavy atom. The summed E-state index contributed by atoms with van der Waals surface area (Å²) in [5, 5.41) is 3.56. The van der Waals surface area contributed by atoms with E-state index in [1.165, 1.54) is 31.5 Å². The molecule has 118 valence electrons. The van der Waals surface area contributed by atoms with E-state index in [2.05, 4.69) is 59.1 Å². The van der Waals surface area contributed by atoms with Gasteiger partial charge in [0, 0.05) is 16.4 Å². The molecule has 1 fully saturated rings. The lowest BCUT2D eigenvalue weighted by Gasteiger charge is -2.38.